The maximum absolute atomic E-state index is 12.4. The fraction of sp³-hybridized carbons (Fsp3) is 0.450. The van der Waals surface area contributed by atoms with Gasteiger partial charge in [-0.3, -0.25) is 4.79 Å². The first-order chi connectivity index (χ1) is 11.2. The molecule has 1 atom stereocenters. The fourth-order valence-electron chi connectivity index (χ4n) is 3.63. The Kier molecular flexibility index (Phi) is 5.29. The van der Waals surface area contributed by atoms with Crippen molar-refractivity contribution in [2.24, 2.45) is 0 Å². The predicted octanol–water partition coefficient (Wildman–Crippen LogP) is 2.48. The quantitative estimate of drug-likeness (QED) is 0.893. The van der Waals surface area contributed by atoms with Crippen LogP contribution < -0.4 is 10.2 Å². The summed E-state index contributed by atoms with van der Waals surface area (Å²) in [5.41, 5.74) is 1.20. The van der Waals surface area contributed by atoms with E-state index in [1.54, 1.807) is 0 Å². The van der Waals surface area contributed by atoms with Gasteiger partial charge in [0, 0.05) is 0 Å². The number of quaternary nitrogens is 1. The van der Waals surface area contributed by atoms with E-state index in [9.17, 15) is 4.79 Å². The molecule has 2 N–H and O–H groups in total. The van der Waals surface area contributed by atoms with Gasteiger partial charge in [0.2, 0.25) is 0 Å². The van der Waals surface area contributed by atoms with E-state index in [2.05, 4.69) is 54.7 Å². The third kappa shape index (κ3) is 4.11. The van der Waals surface area contributed by atoms with Crippen molar-refractivity contribution in [2.75, 3.05) is 19.6 Å². The summed E-state index contributed by atoms with van der Waals surface area (Å²) >= 11 is 0. The molecule has 23 heavy (non-hydrogen) atoms. The summed E-state index contributed by atoms with van der Waals surface area (Å²) in [7, 11) is 0. The van der Waals surface area contributed by atoms with E-state index in [0.29, 0.717) is 6.54 Å². The highest BCUT2D eigenvalue weighted by atomic mass is 16.2. The molecule has 0 aromatic heterocycles. The van der Waals surface area contributed by atoms with Gasteiger partial charge in [0.25, 0.3) is 5.91 Å². The minimum atomic E-state index is 0.0416. The summed E-state index contributed by atoms with van der Waals surface area (Å²) in [6.07, 6.45) is 5.14. The van der Waals surface area contributed by atoms with Gasteiger partial charge >= 0.3 is 0 Å². The molecule has 3 nitrogen and oxygen atoms in total. The number of benzene rings is 2. The van der Waals surface area contributed by atoms with E-state index in [1.165, 1.54) is 46.9 Å². The Hall–Kier alpha value is -1.87. The zero-order valence-corrected chi connectivity index (χ0v) is 14.0. The Balaban J connectivity index is 1.65. The van der Waals surface area contributed by atoms with Crippen LogP contribution in [0.15, 0.2) is 42.5 Å². The van der Waals surface area contributed by atoms with Crippen LogP contribution in [0, 0.1) is 0 Å². The van der Waals surface area contributed by atoms with Crippen LogP contribution in [0.2, 0.25) is 0 Å². The van der Waals surface area contributed by atoms with Gasteiger partial charge in [-0.1, -0.05) is 42.5 Å². The summed E-state index contributed by atoms with van der Waals surface area (Å²) in [4.78, 5) is 13.8. The first-order valence-corrected chi connectivity index (χ1v) is 8.84. The number of likely N-dealkylation sites (tertiary alicyclic amines) is 1. The maximum Gasteiger partial charge on any atom is 0.275 e. The molecule has 3 rings (SSSR count). The lowest BCUT2D eigenvalue weighted by molar-refractivity contribution is -0.891. The van der Waals surface area contributed by atoms with Gasteiger partial charge in [0.1, 0.15) is 0 Å². The monoisotopic (exact) mass is 311 g/mol. The van der Waals surface area contributed by atoms with E-state index in [0.717, 1.165) is 13.1 Å². The van der Waals surface area contributed by atoms with E-state index in [1.807, 2.05) is 0 Å². The van der Waals surface area contributed by atoms with Gasteiger partial charge in [-0.2, -0.15) is 0 Å². The SMILES string of the molecule is C[C@@H](NC(=O)C[NH+]1CCCCCC1)c1cccc2ccccc12. The number of nitrogens with one attached hydrogen (secondary N) is 2. The Labute approximate surface area is 138 Å². The largest absolute Gasteiger partial charge is 0.345 e. The number of rotatable bonds is 4. The van der Waals surface area contributed by atoms with Gasteiger partial charge in [-0.25, -0.2) is 0 Å². The molecule has 2 aromatic rings. The standard InChI is InChI=1S/C20H26N2O/c1-16(18-12-8-10-17-9-4-5-11-19(17)18)21-20(23)15-22-13-6-2-3-7-14-22/h4-5,8-12,16H,2-3,6-7,13-15H2,1H3,(H,21,23)/p+1/t16-/m1/s1. The first-order valence-electron chi connectivity index (χ1n) is 8.84. The highest BCUT2D eigenvalue weighted by Gasteiger charge is 2.18. The summed E-state index contributed by atoms with van der Waals surface area (Å²) in [6.45, 7) is 4.96. The van der Waals surface area contributed by atoms with Crippen LogP contribution in [0.4, 0.5) is 0 Å². The molecule has 2 aromatic carbocycles. The van der Waals surface area contributed by atoms with E-state index in [4.69, 9.17) is 0 Å². The van der Waals surface area contributed by atoms with Crippen LogP contribution in [-0.2, 0) is 4.79 Å². The zero-order chi connectivity index (χ0) is 16.1. The number of carbonyl (C=O) groups is 1. The van der Waals surface area contributed by atoms with Gasteiger partial charge in [-0.15, -0.1) is 0 Å². The number of fused-ring (bicyclic) bond motifs is 1. The van der Waals surface area contributed by atoms with Crippen molar-refractivity contribution in [1.82, 2.24) is 5.32 Å². The van der Waals surface area contributed by atoms with Gasteiger partial charge in [-0.05, 0) is 48.9 Å². The van der Waals surface area contributed by atoms with Crippen molar-refractivity contribution >= 4 is 16.7 Å². The number of hydrogen-bond donors (Lipinski definition) is 2. The second-order valence-electron chi connectivity index (χ2n) is 6.70. The Morgan fingerprint density at radius 2 is 1.74 bits per heavy atom. The van der Waals surface area contributed by atoms with Crippen molar-refractivity contribution in [3.8, 4) is 0 Å². The molecule has 1 saturated heterocycles. The lowest BCUT2D eigenvalue weighted by atomic mass is 10.00. The molecule has 1 fully saturated rings. The molecule has 0 saturated carbocycles. The number of hydrogen-bond acceptors (Lipinski definition) is 1. The van der Waals surface area contributed by atoms with E-state index >= 15 is 0 Å². The van der Waals surface area contributed by atoms with Crippen LogP contribution in [0.25, 0.3) is 10.8 Å². The molecule has 0 radical (unpaired) electrons. The molecular weight excluding hydrogens is 284 g/mol. The van der Waals surface area contributed by atoms with Crippen LogP contribution in [-0.4, -0.2) is 25.5 Å². The summed E-state index contributed by atoms with van der Waals surface area (Å²) in [6, 6.07) is 14.7. The average molecular weight is 311 g/mol. The Morgan fingerprint density at radius 3 is 2.52 bits per heavy atom. The maximum atomic E-state index is 12.4. The van der Waals surface area contributed by atoms with Crippen LogP contribution in [0.5, 0.6) is 0 Å². The van der Waals surface area contributed by atoms with Crippen molar-refractivity contribution in [3.05, 3.63) is 48.0 Å². The third-order valence-corrected chi connectivity index (χ3v) is 4.89. The van der Waals surface area contributed by atoms with Crippen molar-refractivity contribution in [1.29, 1.82) is 0 Å². The molecule has 122 valence electrons. The highest BCUT2D eigenvalue weighted by Crippen LogP contribution is 2.23. The Morgan fingerprint density at radius 1 is 1.04 bits per heavy atom. The second kappa shape index (κ2) is 7.60. The fourth-order valence-corrected chi connectivity index (χ4v) is 3.63. The van der Waals surface area contributed by atoms with Crippen LogP contribution in [0.3, 0.4) is 0 Å². The lowest BCUT2D eigenvalue weighted by Crippen LogP contribution is -3.13. The molecule has 1 aliphatic rings. The predicted molar refractivity (Wildman–Crippen MR) is 94.5 cm³/mol. The zero-order valence-electron chi connectivity index (χ0n) is 14.0. The summed E-state index contributed by atoms with van der Waals surface area (Å²) < 4.78 is 0. The Bertz CT molecular complexity index is 654. The smallest absolute Gasteiger partial charge is 0.275 e. The van der Waals surface area contributed by atoms with Gasteiger partial charge in [0.15, 0.2) is 6.54 Å². The molecule has 0 bridgehead atoms. The molecule has 1 amide bonds. The summed E-state index contributed by atoms with van der Waals surface area (Å²) in [5.74, 6) is 0.169. The molecular formula is C20H27N2O+. The number of amides is 1. The van der Waals surface area contributed by atoms with E-state index < -0.39 is 0 Å². The van der Waals surface area contributed by atoms with Crippen LogP contribution >= 0.6 is 0 Å². The van der Waals surface area contributed by atoms with Crippen molar-refractivity contribution < 1.29 is 9.69 Å². The molecule has 1 aliphatic heterocycles. The molecule has 1 heterocycles. The lowest BCUT2D eigenvalue weighted by Gasteiger charge is -2.20. The van der Waals surface area contributed by atoms with Crippen molar-refractivity contribution in [2.45, 2.75) is 38.6 Å². The second-order valence-corrected chi connectivity index (χ2v) is 6.70. The summed E-state index contributed by atoms with van der Waals surface area (Å²) in [5, 5.41) is 5.65. The first kappa shape index (κ1) is 16.0. The minimum absolute atomic E-state index is 0.0416. The minimum Gasteiger partial charge on any atom is -0.345 e. The third-order valence-electron chi connectivity index (χ3n) is 4.89. The highest BCUT2D eigenvalue weighted by molar-refractivity contribution is 5.87. The normalized spacial score (nSPS) is 17.6. The molecule has 0 aliphatic carbocycles. The van der Waals surface area contributed by atoms with Crippen LogP contribution in [0.1, 0.15) is 44.2 Å². The average Bonchev–Trinajstić information content (AvgIpc) is 2.82. The van der Waals surface area contributed by atoms with E-state index in [-0.39, 0.29) is 11.9 Å². The topological polar surface area (TPSA) is 33.5 Å². The van der Waals surface area contributed by atoms with Gasteiger partial charge < -0.3 is 10.2 Å². The molecule has 0 unspecified atom stereocenters. The van der Waals surface area contributed by atoms with Gasteiger partial charge in [0.05, 0.1) is 19.1 Å². The van der Waals surface area contributed by atoms with Crippen molar-refractivity contribution in [3.63, 3.8) is 0 Å². The molecule has 0 spiro atoms. The number of carbonyl (C=O) groups excluding carboxylic acids is 1. The molecule has 3 heteroatoms.